The van der Waals surface area contributed by atoms with E-state index in [1.54, 1.807) is 0 Å². The lowest BCUT2D eigenvalue weighted by Gasteiger charge is -2.21. The summed E-state index contributed by atoms with van der Waals surface area (Å²) in [4.78, 5) is 23.1. The number of hydrogen-bond acceptors (Lipinski definition) is 5. The van der Waals surface area contributed by atoms with Crippen LogP contribution >= 0.6 is 0 Å². The molecule has 4 aromatic rings. The third kappa shape index (κ3) is 8.82. The molecule has 0 saturated heterocycles. The zero-order valence-electron chi connectivity index (χ0n) is 38.1. The van der Waals surface area contributed by atoms with Gasteiger partial charge >= 0.3 is 0 Å². The number of fused-ring (bicyclic) bond motifs is 4. The number of benzene rings is 4. The number of ether oxygens (including phenoxy) is 1. The van der Waals surface area contributed by atoms with E-state index in [2.05, 4.69) is 240 Å². The molecule has 0 saturated carbocycles. The summed E-state index contributed by atoms with van der Waals surface area (Å²) in [5.41, 5.74) is 18.2. The van der Waals surface area contributed by atoms with E-state index in [9.17, 15) is 0 Å². The van der Waals surface area contributed by atoms with Crippen molar-refractivity contribution in [2.24, 2.45) is 9.98 Å². The van der Waals surface area contributed by atoms with Gasteiger partial charge in [-0.3, -0.25) is 0 Å². The Morgan fingerprint density at radius 2 is 0.897 bits per heavy atom. The van der Waals surface area contributed by atoms with Crippen molar-refractivity contribution in [3.63, 3.8) is 0 Å². The molecule has 7 heteroatoms. The molecule has 0 fully saturated rings. The van der Waals surface area contributed by atoms with Gasteiger partial charge in [-0.15, -0.1) is 0 Å². The fourth-order valence-electron chi connectivity index (χ4n) is 9.40. The number of allylic oxidation sites excluding steroid dienone is 18. The molecule has 4 aromatic carbocycles. The quantitative estimate of drug-likeness (QED) is 0.140. The molecule has 8 bridgehead atoms. The van der Waals surface area contributed by atoms with E-state index in [0.29, 0.717) is 6.61 Å². The van der Waals surface area contributed by atoms with Crippen LogP contribution in [0.15, 0.2) is 257 Å². The molecule has 7 aliphatic heterocycles. The Morgan fingerprint density at radius 3 is 1.47 bits per heavy atom. The molecular weight excluding hydrogens is 833 g/mol. The van der Waals surface area contributed by atoms with Gasteiger partial charge in [0.05, 0.1) is 40.6 Å². The number of hydrogen-bond donors (Lipinski definition) is 2. The van der Waals surface area contributed by atoms with Crippen LogP contribution < -0.4 is 14.7 Å². The normalized spacial score (nSPS) is 18.0. The highest BCUT2D eigenvalue weighted by Gasteiger charge is 2.33. The first-order valence-corrected chi connectivity index (χ1v) is 23.7. The van der Waals surface area contributed by atoms with E-state index >= 15 is 0 Å². The predicted molar refractivity (Wildman–Crippen MR) is 279 cm³/mol. The minimum Gasteiger partial charge on any atom is -0.494 e. The molecule has 0 amide bonds. The van der Waals surface area contributed by atoms with Crippen molar-refractivity contribution in [1.29, 1.82) is 0 Å². The third-order valence-corrected chi connectivity index (χ3v) is 12.8. The van der Waals surface area contributed by atoms with E-state index < -0.39 is 0 Å². The molecule has 7 aliphatic rings. The molecule has 68 heavy (non-hydrogen) atoms. The SMILES string of the molecule is CCCN1C=CC(=C2C=CN(CCCCOc3ccc(C4=C5C=CC(=N5)C(c5ccccc5)=C5C=CC(=[NH+]5)C(c5ccccc5)=C5C=CC(=[NH+]5)C(c5ccccc5)=C5C=CC4=N5)cc3)C=C2)C=C1. The van der Waals surface area contributed by atoms with Gasteiger partial charge in [-0.2, -0.15) is 0 Å². The van der Waals surface area contributed by atoms with Gasteiger partial charge in [-0.05, 0) is 113 Å². The highest BCUT2D eigenvalue weighted by Crippen LogP contribution is 2.35. The lowest BCUT2D eigenvalue weighted by molar-refractivity contribution is -0.388. The van der Waals surface area contributed by atoms with Gasteiger partial charge in [-0.1, -0.05) is 110 Å². The van der Waals surface area contributed by atoms with Crippen molar-refractivity contribution in [1.82, 2.24) is 9.80 Å². The molecule has 0 radical (unpaired) electrons. The first-order valence-electron chi connectivity index (χ1n) is 23.7. The second-order valence-electron chi connectivity index (χ2n) is 17.3. The van der Waals surface area contributed by atoms with Crippen molar-refractivity contribution < 1.29 is 14.7 Å². The van der Waals surface area contributed by atoms with Gasteiger partial charge in [0.25, 0.3) is 0 Å². The zero-order chi connectivity index (χ0) is 45.7. The summed E-state index contributed by atoms with van der Waals surface area (Å²) in [6.45, 7) is 4.82. The Morgan fingerprint density at radius 1 is 0.426 bits per heavy atom. The summed E-state index contributed by atoms with van der Waals surface area (Å²) in [7, 11) is 0. The first-order chi connectivity index (χ1) is 33.6. The van der Waals surface area contributed by atoms with Gasteiger partial charge in [0, 0.05) is 67.8 Å². The van der Waals surface area contributed by atoms with Crippen LogP contribution in [-0.2, 0) is 0 Å². The number of nitrogens with one attached hydrogen (secondary N) is 2. The molecule has 7 heterocycles. The Labute approximate surface area is 398 Å². The van der Waals surface area contributed by atoms with Crippen molar-refractivity contribution in [2.75, 3.05) is 19.7 Å². The number of aliphatic imine (C=N–C) groups is 2. The Balaban J connectivity index is 0.900. The van der Waals surface area contributed by atoms with Crippen LogP contribution in [0.1, 0.15) is 48.4 Å². The zero-order valence-corrected chi connectivity index (χ0v) is 38.1. The highest BCUT2D eigenvalue weighted by atomic mass is 16.5. The Kier molecular flexibility index (Phi) is 11.9. The van der Waals surface area contributed by atoms with Gasteiger partial charge < -0.3 is 14.5 Å². The molecule has 330 valence electrons. The summed E-state index contributed by atoms with van der Waals surface area (Å²) in [5, 5.41) is 0. The third-order valence-electron chi connectivity index (χ3n) is 12.8. The number of rotatable bonds is 12. The van der Waals surface area contributed by atoms with E-state index in [1.807, 2.05) is 0 Å². The smallest absolute Gasteiger partial charge is 0.218 e. The molecule has 0 aromatic heterocycles. The fourth-order valence-corrected chi connectivity index (χ4v) is 9.40. The Hall–Kier alpha value is -8.42. The minimum atomic E-state index is 0.638. The van der Waals surface area contributed by atoms with Crippen LogP contribution in [-0.4, -0.2) is 52.3 Å². The predicted octanol–water partition coefficient (Wildman–Crippen LogP) is 9.40. The summed E-state index contributed by atoms with van der Waals surface area (Å²) in [6.07, 6.45) is 37.8. The largest absolute Gasteiger partial charge is 0.494 e. The molecule has 2 N–H and O–H groups in total. The molecule has 0 unspecified atom stereocenters. The average molecular weight is 885 g/mol. The molecule has 0 aliphatic carbocycles. The Bertz CT molecular complexity index is 3140. The molecule has 7 nitrogen and oxygen atoms in total. The lowest BCUT2D eigenvalue weighted by Crippen LogP contribution is -2.71. The van der Waals surface area contributed by atoms with Crippen molar-refractivity contribution >= 4 is 45.1 Å². The number of unbranched alkanes of at least 4 members (excludes halogenated alkanes) is 1. The van der Waals surface area contributed by atoms with Gasteiger partial charge in [-0.25, -0.2) is 20.0 Å². The summed E-state index contributed by atoms with van der Waals surface area (Å²) in [6, 6.07) is 40.0. The molecule has 0 spiro atoms. The first kappa shape index (κ1) is 42.2. The van der Waals surface area contributed by atoms with Crippen molar-refractivity contribution in [2.45, 2.75) is 26.2 Å². The van der Waals surface area contributed by atoms with Gasteiger partial charge in [0.2, 0.25) is 22.8 Å². The van der Waals surface area contributed by atoms with E-state index in [-0.39, 0.29) is 0 Å². The van der Waals surface area contributed by atoms with E-state index in [1.165, 1.54) is 11.1 Å². The fraction of sp³-hybridized carbons (Fsp3) is 0.115. The van der Waals surface area contributed by atoms with Gasteiger partial charge in [0.15, 0.2) is 0 Å². The van der Waals surface area contributed by atoms with Crippen molar-refractivity contribution in [3.05, 3.63) is 269 Å². The maximum absolute atomic E-state index is 6.33. The maximum Gasteiger partial charge on any atom is 0.218 e. The second-order valence-corrected chi connectivity index (χ2v) is 17.3. The van der Waals surface area contributed by atoms with Crippen LogP contribution in [0.2, 0.25) is 0 Å². The topological polar surface area (TPSA) is 68.4 Å². The summed E-state index contributed by atoms with van der Waals surface area (Å²) in [5.74, 6) is 0.839. The monoisotopic (exact) mass is 884 g/mol. The standard InChI is InChI=1S/C61H50N6O/c1-2-36-66-38-32-43(33-39-66)44-34-40-67(41-35-44)37-12-13-42-68-49-22-20-48(21-23-49)61-56-30-28-54(64-56)59(46-16-8-4-9-17-46)52-26-24-50(62-52)58(45-14-6-3-7-15-45)51-25-27-53(63-51)60(47-18-10-5-11-19-47)55-29-31-57(61)65-55/h3-11,14-35,38-41H,2,12-13,36-37,42H2,1H3/p+2. The maximum atomic E-state index is 6.33. The molecule has 0 atom stereocenters. The highest BCUT2D eigenvalue weighted by molar-refractivity contribution is 6.37. The van der Waals surface area contributed by atoms with Crippen LogP contribution in [0.3, 0.4) is 0 Å². The lowest BCUT2D eigenvalue weighted by atomic mass is 9.98. The second kappa shape index (κ2) is 19.2. The van der Waals surface area contributed by atoms with Crippen LogP contribution in [0.25, 0.3) is 22.3 Å². The number of nitrogens with zero attached hydrogens (tertiary/aromatic N) is 4. The summed E-state index contributed by atoms with van der Waals surface area (Å²) < 4.78 is 6.33. The van der Waals surface area contributed by atoms with Crippen molar-refractivity contribution in [3.8, 4) is 5.75 Å². The average Bonchev–Trinajstić information content (AvgIpc) is 4.25. The molecule has 11 rings (SSSR count). The summed E-state index contributed by atoms with van der Waals surface area (Å²) >= 11 is 0. The van der Waals surface area contributed by atoms with Crippen LogP contribution in [0.5, 0.6) is 5.75 Å². The van der Waals surface area contributed by atoms with Crippen LogP contribution in [0.4, 0.5) is 0 Å². The molecular formula is C61H52N6O+2. The van der Waals surface area contributed by atoms with E-state index in [4.69, 9.17) is 14.7 Å². The minimum absolute atomic E-state index is 0.638. The van der Waals surface area contributed by atoms with Gasteiger partial charge in [0.1, 0.15) is 11.3 Å². The van der Waals surface area contributed by atoms with Crippen LogP contribution in [0, 0.1) is 0 Å². The van der Waals surface area contributed by atoms with E-state index in [0.717, 1.165) is 128 Å².